The van der Waals surface area contributed by atoms with Gasteiger partial charge in [0.1, 0.15) is 0 Å². The SMILES string of the molecule is CCN(CCNC=O)C12C=CC=CC1(SC)C2. The molecule has 2 aliphatic rings. The number of likely N-dealkylation sites (N-methyl/N-ethyl adjacent to an activating group) is 1. The van der Waals surface area contributed by atoms with Crippen molar-refractivity contribution in [2.75, 3.05) is 25.9 Å². The van der Waals surface area contributed by atoms with Crippen molar-refractivity contribution >= 4 is 18.2 Å². The summed E-state index contributed by atoms with van der Waals surface area (Å²) in [5, 5.41) is 2.75. The maximum Gasteiger partial charge on any atom is 0.207 e. The summed E-state index contributed by atoms with van der Waals surface area (Å²) in [7, 11) is 0. The fourth-order valence-electron chi connectivity index (χ4n) is 2.89. The minimum Gasteiger partial charge on any atom is -0.357 e. The van der Waals surface area contributed by atoms with Crippen LogP contribution in [-0.4, -0.2) is 47.5 Å². The molecule has 0 aromatic carbocycles. The molecule has 1 saturated carbocycles. The van der Waals surface area contributed by atoms with Crippen LogP contribution in [0.15, 0.2) is 24.3 Å². The van der Waals surface area contributed by atoms with Crippen LogP contribution >= 0.6 is 11.8 Å². The summed E-state index contributed by atoms with van der Waals surface area (Å²) in [4.78, 5) is 12.8. The van der Waals surface area contributed by atoms with Crippen LogP contribution in [0.4, 0.5) is 0 Å². The van der Waals surface area contributed by atoms with E-state index < -0.39 is 0 Å². The highest BCUT2D eigenvalue weighted by Gasteiger charge is 2.67. The highest BCUT2D eigenvalue weighted by Crippen LogP contribution is 2.63. The van der Waals surface area contributed by atoms with Crippen LogP contribution in [-0.2, 0) is 4.79 Å². The Hall–Kier alpha value is -0.740. The molecule has 3 nitrogen and oxygen atoms in total. The summed E-state index contributed by atoms with van der Waals surface area (Å²) in [6, 6.07) is 0. The summed E-state index contributed by atoms with van der Waals surface area (Å²) in [5.41, 5.74) is 0.181. The third kappa shape index (κ3) is 1.93. The molecule has 4 heteroatoms. The number of allylic oxidation sites excluding steroid dienone is 2. The molecule has 2 atom stereocenters. The minimum atomic E-state index is 0.181. The summed E-state index contributed by atoms with van der Waals surface area (Å²) in [5.74, 6) is 0. The van der Waals surface area contributed by atoms with Gasteiger partial charge in [-0.25, -0.2) is 0 Å². The molecule has 0 bridgehead atoms. The second-order valence-corrected chi connectivity index (χ2v) is 5.70. The summed E-state index contributed by atoms with van der Waals surface area (Å²) in [6.07, 6.45) is 13.1. The molecule has 1 fully saturated rings. The maximum absolute atomic E-state index is 10.3. The lowest BCUT2D eigenvalue weighted by Gasteiger charge is -2.33. The van der Waals surface area contributed by atoms with E-state index in [2.05, 4.69) is 47.7 Å². The molecule has 94 valence electrons. The molecule has 0 spiro atoms. The number of hydrogen-bond acceptors (Lipinski definition) is 3. The molecule has 1 amide bonds. The maximum atomic E-state index is 10.3. The van der Waals surface area contributed by atoms with E-state index in [1.165, 1.54) is 6.42 Å². The monoisotopic (exact) mass is 252 g/mol. The molecule has 2 unspecified atom stereocenters. The van der Waals surface area contributed by atoms with E-state index in [0.717, 1.165) is 26.0 Å². The zero-order chi connectivity index (χ0) is 12.4. The van der Waals surface area contributed by atoms with Gasteiger partial charge in [0.2, 0.25) is 6.41 Å². The van der Waals surface area contributed by atoms with Crippen LogP contribution < -0.4 is 5.32 Å². The lowest BCUT2D eigenvalue weighted by molar-refractivity contribution is -0.109. The third-order valence-corrected chi connectivity index (χ3v) is 5.27. The first-order chi connectivity index (χ1) is 8.24. The first kappa shape index (κ1) is 12.7. The second kappa shape index (κ2) is 4.86. The van der Waals surface area contributed by atoms with Crippen molar-refractivity contribution in [3.05, 3.63) is 24.3 Å². The van der Waals surface area contributed by atoms with Gasteiger partial charge in [0, 0.05) is 13.1 Å². The number of thioether (sulfide) groups is 1. The lowest BCUT2D eigenvalue weighted by atomic mass is 10.1. The number of carbonyl (C=O) groups is 1. The van der Waals surface area contributed by atoms with Gasteiger partial charge in [-0.15, -0.1) is 0 Å². The fraction of sp³-hybridized carbons (Fsp3) is 0.615. The highest BCUT2D eigenvalue weighted by atomic mass is 32.2. The first-order valence-corrected chi connectivity index (χ1v) is 7.31. The molecule has 0 aromatic heterocycles. The highest BCUT2D eigenvalue weighted by molar-refractivity contribution is 8.00. The second-order valence-electron chi connectivity index (χ2n) is 4.56. The van der Waals surface area contributed by atoms with E-state index in [4.69, 9.17) is 0 Å². The van der Waals surface area contributed by atoms with E-state index >= 15 is 0 Å². The number of fused-ring (bicyclic) bond motifs is 1. The van der Waals surface area contributed by atoms with Gasteiger partial charge in [-0.05, 0) is 19.2 Å². The van der Waals surface area contributed by atoms with Crippen molar-refractivity contribution in [3.63, 3.8) is 0 Å². The normalized spacial score (nSPS) is 33.6. The zero-order valence-electron chi connectivity index (χ0n) is 10.5. The van der Waals surface area contributed by atoms with Crippen molar-refractivity contribution in [2.45, 2.75) is 23.6 Å². The van der Waals surface area contributed by atoms with E-state index in [9.17, 15) is 4.79 Å². The fourth-order valence-corrected chi connectivity index (χ4v) is 4.01. The molecule has 0 saturated heterocycles. The number of nitrogens with one attached hydrogen (secondary N) is 1. The molecule has 0 aromatic rings. The number of amides is 1. The molecule has 1 N–H and O–H groups in total. The van der Waals surface area contributed by atoms with Gasteiger partial charge in [0.15, 0.2) is 0 Å². The van der Waals surface area contributed by atoms with Gasteiger partial charge >= 0.3 is 0 Å². The number of carbonyl (C=O) groups excluding carboxylic acids is 1. The van der Waals surface area contributed by atoms with Crippen molar-refractivity contribution in [1.29, 1.82) is 0 Å². The Morgan fingerprint density at radius 2 is 2.24 bits per heavy atom. The number of rotatable bonds is 7. The van der Waals surface area contributed by atoms with Crippen LogP contribution in [0, 0.1) is 0 Å². The Labute approximate surface area is 107 Å². The molecule has 2 aliphatic carbocycles. The average molecular weight is 252 g/mol. The number of nitrogens with zero attached hydrogens (tertiary/aromatic N) is 1. The quantitative estimate of drug-likeness (QED) is 0.549. The van der Waals surface area contributed by atoms with Crippen LogP contribution in [0.5, 0.6) is 0 Å². The summed E-state index contributed by atoms with van der Waals surface area (Å²) in [6.45, 7) is 4.84. The van der Waals surface area contributed by atoms with Crippen LogP contribution in [0.3, 0.4) is 0 Å². The molecule has 17 heavy (non-hydrogen) atoms. The van der Waals surface area contributed by atoms with Crippen LogP contribution in [0.2, 0.25) is 0 Å². The predicted octanol–water partition coefficient (Wildman–Crippen LogP) is 1.42. The van der Waals surface area contributed by atoms with Gasteiger partial charge in [-0.1, -0.05) is 31.2 Å². The Morgan fingerprint density at radius 3 is 2.88 bits per heavy atom. The molecular weight excluding hydrogens is 232 g/mol. The van der Waals surface area contributed by atoms with E-state index in [1.807, 2.05) is 11.8 Å². The van der Waals surface area contributed by atoms with Crippen molar-refractivity contribution in [2.24, 2.45) is 0 Å². The third-order valence-electron chi connectivity index (χ3n) is 3.91. The van der Waals surface area contributed by atoms with Gasteiger partial charge in [0.25, 0.3) is 0 Å². The summed E-state index contributed by atoms with van der Waals surface area (Å²) >= 11 is 1.93. The topological polar surface area (TPSA) is 32.3 Å². The van der Waals surface area contributed by atoms with E-state index in [-0.39, 0.29) is 10.3 Å². The van der Waals surface area contributed by atoms with Crippen molar-refractivity contribution in [1.82, 2.24) is 10.2 Å². The largest absolute Gasteiger partial charge is 0.357 e. The van der Waals surface area contributed by atoms with Gasteiger partial charge in [-0.3, -0.25) is 9.69 Å². The average Bonchev–Trinajstić information content (AvgIpc) is 3.05. The van der Waals surface area contributed by atoms with E-state index in [0.29, 0.717) is 0 Å². The smallest absolute Gasteiger partial charge is 0.207 e. The number of hydrogen-bond donors (Lipinski definition) is 1. The molecule has 0 heterocycles. The van der Waals surface area contributed by atoms with Crippen LogP contribution in [0.25, 0.3) is 0 Å². The van der Waals surface area contributed by atoms with Gasteiger partial charge in [0.05, 0.1) is 10.3 Å². The summed E-state index contributed by atoms with van der Waals surface area (Å²) < 4.78 is 0.263. The van der Waals surface area contributed by atoms with E-state index in [1.54, 1.807) is 0 Å². The Kier molecular flexibility index (Phi) is 3.64. The molecular formula is C13H20N2OS. The predicted molar refractivity (Wildman–Crippen MR) is 73.2 cm³/mol. The zero-order valence-corrected chi connectivity index (χ0v) is 11.3. The van der Waals surface area contributed by atoms with Crippen molar-refractivity contribution < 1.29 is 4.79 Å². The first-order valence-electron chi connectivity index (χ1n) is 6.09. The minimum absolute atomic E-state index is 0.181. The van der Waals surface area contributed by atoms with Crippen LogP contribution in [0.1, 0.15) is 13.3 Å². The molecule has 0 aliphatic heterocycles. The lowest BCUT2D eigenvalue weighted by Crippen LogP contribution is -2.45. The van der Waals surface area contributed by atoms with Gasteiger partial charge < -0.3 is 5.32 Å². The Bertz CT molecular complexity index is 355. The molecule has 0 radical (unpaired) electrons. The standard InChI is InChI=1S/C13H20N2OS/c1-3-15(9-8-14-11-16)12-6-4-5-7-13(12,10-12)17-2/h4-7,11H,3,8-10H2,1-2H3,(H,14,16). The van der Waals surface area contributed by atoms with Gasteiger partial charge in [-0.2, -0.15) is 11.8 Å². The van der Waals surface area contributed by atoms with Crippen molar-refractivity contribution in [3.8, 4) is 0 Å². The Balaban J connectivity index is 2.07. The Morgan fingerprint density at radius 1 is 1.47 bits per heavy atom. The molecule has 2 rings (SSSR count).